The van der Waals surface area contributed by atoms with Gasteiger partial charge in [0, 0.05) is 22.6 Å². The van der Waals surface area contributed by atoms with Gasteiger partial charge in [-0.25, -0.2) is 0 Å². The summed E-state index contributed by atoms with van der Waals surface area (Å²) in [6, 6.07) is 8.10. The van der Waals surface area contributed by atoms with Gasteiger partial charge in [0.1, 0.15) is 0 Å². The van der Waals surface area contributed by atoms with Crippen LogP contribution in [0, 0.1) is 0 Å². The molecule has 2 rings (SSSR count). The first kappa shape index (κ1) is 26.8. The summed E-state index contributed by atoms with van der Waals surface area (Å²) >= 11 is 0. The molecule has 33 heavy (non-hydrogen) atoms. The molecule has 0 spiro atoms. The standard InChI is InChI=1S/C29H45N3O/c1-5-9-13-21-17-25(18-22(27(21)30)14-10-6-2)29(33)32-26-19-23(15-11-7-3)28(31)24(20-26)16-12-8-4/h17-20H,5-16,30-31H2,1-4H3,(H,32,33). The van der Waals surface area contributed by atoms with Crippen LogP contribution in [-0.2, 0) is 25.7 Å². The largest absolute Gasteiger partial charge is 0.398 e. The maximum atomic E-state index is 13.3. The minimum absolute atomic E-state index is 0.0712. The number of aryl methyl sites for hydroxylation is 4. The van der Waals surface area contributed by atoms with Crippen molar-refractivity contribution in [2.75, 3.05) is 16.8 Å². The Balaban J connectivity index is 2.36. The molecule has 2 aromatic carbocycles. The first-order valence-electron chi connectivity index (χ1n) is 13.1. The summed E-state index contributed by atoms with van der Waals surface area (Å²) in [5, 5.41) is 3.17. The van der Waals surface area contributed by atoms with E-state index in [1.54, 1.807) is 0 Å². The molecule has 0 atom stereocenters. The van der Waals surface area contributed by atoms with Gasteiger partial charge in [0.05, 0.1) is 0 Å². The summed E-state index contributed by atoms with van der Waals surface area (Å²) in [6.45, 7) is 8.73. The Morgan fingerprint density at radius 1 is 0.636 bits per heavy atom. The van der Waals surface area contributed by atoms with Gasteiger partial charge in [-0.3, -0.25) is 4.79 Å². The number of anilines is 3. The highest BCUT2D eigenvalue weighted by molar-refractivity contribution is 6.05. The van der Waals surface area contributed by atoms with Crippen LogP contribution in [0.4, 0.5) is 17.1 Å². The van der Waals surface area contributed by atoms with Crippen molar-refractivity contribution in [2.24, 2.45) is 0 Å². The zero-order chi connectivity index (χ0) is 24.2. The molecule has 0 bridgehead atoms. The smallest absolute Gasteiger partial charge is 0.255 e. The molecule has 5 N–H and O–H groups in total. The molecule has 0 aliphatic rings. The molecule has 0 radical (unpaired) electrons. The Hall–Kier alpha value is -2.49. The van der Waals surface area contributed by atoms with E-state index in [1.165, 1.54) is 0 Å². The van der Waals surface area contributed by atoms with E-state index in [0.29, 0.717) is 5.56 Å². The van der Waals surface area contributed by atoms with Crippen LogP contribution < -0.4 is 16.8 Å². The molecule has 0 aliphatic heterocycles. The second kappa shape index (κ2) is 13.9. The van der Waals surface area contributed by atoms with E-state index in [9.17, 15) is 4.79 Å². The van der Waals surface area contributed by atoms with Crippen LogP contribution in [0.1, 0.15) is 112 Å². The van der Waals surface area contributed by atoms with E-state index in [1.807, 2.05) is 12.1 Å². The number of rotatable bonds is 14. The molecule has 0 heterocycles. The number of amides is 1. The monoisotopic (exact) mass is 451 g/mol. The second-order valence-electron chi connectivity index (χ2n) is 9.28. The van der Waals surface area contributed by atoms with Crippen molar-refractivity contribution in [2.45, 2.75) is 105 Å². The minimum Gasteiger partial charge on any atom is -0.398 e. The molecule has 0 fully saturated rings. The van der Waals surface area contributed by atoms with Gasteiger partial charge < -0.3 is 16.8 Å². The van der Waals surface area contributed by atoms with E-state index >= 15 is 0 Å². The lowest BCUT2D eigenvalue weighted by Crippen LogP contribution is -2.15. The Morgan fingerprint density at radius 3 is 1.30 bits per heavy atom. The van der Waals surface area contributed by atoms with Gasteiger partial charge in [-0.15, -0.1) is 0 Å². The average molecular weight is 452 g/mol. The van der Waals surface area contributed by atoms with E-state index in [-0.39, 0.29) is 5.91 Å². The Bertz CT molecular complexity index is 846. The molecular weight excluding hydrogens is 406 g/mol. The number of benzene rings is 2. The quantitative estimate of drug-likeness (QED) is 0.260. The van der Waals surface area contributed by atoms with Gasteiger partial charge >= 0.3 is 0 Å². The third kappa shape index (κ3) is 7.80. The zero-order valence-electron chi connectivity index (χ0n) is 21.4. The molecule has 1 amide bonds. The van der Waals surface area contributed by atoms with Crippen LogP contribution in [0.25, 0.3) is 0 Å². The van der Waals surface area contributed by atoms with Crippen molar-refractivity contribution >= 4 is 23.0 Å². The fourth-order valence-corrected chi connectivity index (χ4v) is 4.26. The van der Waals surface area contributed by atoms with Crippen LogP contribution in [0.15, 0.2) is 24.3 Å². The van der Waals surface area contributed by atoms with Crippen LogP contribution in [0.5, 0.6) is 0 Å². The predicted octanol–water partition coefficient (Wildman–Crippen LogP) is 7.47. The first-order valence-corrected chi connectivity index (χ1v) is 13.1. The summed E-state index contributed by atoms with van der Waals surface area (Å²) in [6.07, 6.45) is 12.5. The number of hydrogen-bond acceptors (Lipinski definition) is 3. The van der Waals surface area contributed by atoms with Crippen molar-refractivity contribution in [3.8, 4) is 0 Å². The van der Waals surface area contributed by atoms with Crippen molar-refractivity contribution in [3.05, 3.63) is 52.1 Å². The first-order chi connectivity index (χ1) is 15.9. The molecule has 4 heteroatoms. The average Bonchev–Trinajstić information content (AvgIpc) is 2.81. The lowest BCUT2D eigenvalue weighted by Gasteiger charge is -2.17. The number of nitrogen functional groups attached to an aromatic ring is 2. The topological polar surface area (TPSA) is 81.1 Å². The summed E-state index contributed by atoms with van der Waals surface area (Å²) in [5.41, 5.74) is 20.8. The van der Waals surface area contributed by atoms with Crippen molar-refractivity contribution in [1.82, 2.24) is 0 Å². The zero-order valence-corrected chi connectivity index (χ0v) is 21.4. The predicted molar refractivity (Wildman–Crippen MR) is 144 cm³/mol. The third-order valence-electron chi connectivity index (χ3n) is 6.42. The highest BCUT2D eigenvalue weighted by Crippen LogP contribution is 2.28. The number of nitrogens with one attached hydrogen (secondary N) is 1. The van der Waals surface area contributed by atoms with E-state index in [2.05, 4.69) is 45.1 Å². The van der Waals surface area contributed by atoms with Crippen molar-refractivity contribution < 1.29 is 4.79 Å². The van der Waals surface area contributed by atoms with Gasteiger partial charge in [-0.05, 0) is 97.9 Å². The Kier molecular flexibility index (Phi) is 11.3. The van der Waals surface area contributed by atoms with Gasteiger partial charge in [0.15, 0.2) is 0 Å². The molecule has 2 aromatic rings. The molecule has 0 aliphatic carbocycles. The molecule has 0 saturated heterocycles. The number of hydrogen-bond donors (Lipinski definition) is 3. The maximum Gasteiger partial charge on any atom is 0.255 e. The van der Waals surface area contributed by atoms with Gasteiger partial charge in [-0.1, -0.05) is 53.4 Å². The van der Waals surface area contributed by atoms with Gasteiger partial charge in [-0.2, -0.15) is 0 Å². The van der Waals surface area contributed by atoms with Crippen LogP contribution in [0.3, 0.4) is 0 Å². The Morgan fingerprint density at radius 2 is 0.970 bits per heavy atom. The molecule has 0 saturated carbocycles. The summed E-state index contributed by atoms with van der Waals surface area (Å²) < 4.78 is 0. The second-order valence-corrected chi connectivity index (χ2v) is 9.28. The molecule has 182 valence electrons. The normalized spacial score (nSPS) is 11.0. The van der Waals surface area contributed by atoms with E-state index in [4.69, 9.17) is 11.5 Å². The number of unbranched alkanes of at least 4 members (excludes halogenated alkanes) is 4. The third-order valence-corrected chi connectivity index (χ3v) is 6.42. The fraction of sp³-hybridized carbons (Fsp3) is 0.552. The van der Waals surface area contributed by atoms with Crippen LogP contribution in [0.2, 0.25) is 0 Å². The Labute approximate surface area is 201 Å². The number of carbonyl (C=O) groups excluding carboxylic acids is 1. The van der Waals surface area contributed by atoms with Gasteiger partial charge in [0.25, 0.3) is 5.91 Å². The lowest BCUT2D eigenvalue weighted by atomic mass is 9.95. The van der Waals surface area contributed by atoms with Crippen LogP contribution in [-0.4, -0.2) is 5.91 Å². The van der Waals surface area contributed by atoms with E-state index < -0.39 is 0 Å². The minimum atomic E-state index is -0.0712. The van der Waals surface area contributed by atoms with Crippen molar-refractivity contribution in [1.29, 1.82) is 0 Å². The van der Waals surface area contributed by atoms with Crippen molar-refractivity contribution in [3.63, 3.8) is 0 Å². The van der Waals surface area contributed by atoms with Crippen LogP contribution >= 0.6 is 0 Å². The number of nitrogens with two attached hydrogens (primary N) is 2. The summed E-state index contributed by atoms with van der Waals surface area (Å²) in [4.78, 5) is 13.3. The highest BCUT2D eigenvalue weighted by Gasteiger charge is 2.15. The summed E-state index contributed by atoms with van der Waals surface area (Å²) in [5.74, 6) is -0.0712. The highest BCUT2D eigenvalue weighted by atomic mass is 16.1. The lowest BCUT2D eigenvalue weighted by molar-refractivity contribution is 0.102. The van der Waals surface area contributed by atoms with Gasteiger partial charge in [0.2, 0.25) is 0 Å². The van der Waals surface area contributed by atoms with E-state index in [0.717, 1.165) is 116 Å². The number of carbonyl (C=O) groups is 1. The molecule has 4 nitrogen and oxygen atoms in total. The fourth-order valence-electron chi connectivity index (χ4n) is 4.26. The maximum absolute atomic E-state index is 13.3. The molecular formula is C29H45N3O. The SMILES string of the molecule is CCCCc1cc(NC(=O)c2cc(CCCC)c(N)c(CCCC)c2)cc(CCCC)c1N. The molecule has 0 unspecified atom stereocenters. The molecule has 0 aromatic heterocycles. The summed E-state index contributed by atoms with van der Waals surface area (Å²) in [7, 11) is 0.